The lowest BCUT2D eigenvalue weighted by Crippen LogP contribution is -2.09. The molecule has 1 nitrogen and oxygen atoms in total. The predicted molar refractivity (Wildman–Crippen MR) is 126 cm³/mol. The lowest BCUT2D eigenvalue weighted by atomic mass is 10.1. The molecule has 0 amide bonds. The van der Waals surface area contributed by atoms with E-state index in [0.29, 0.717) is 0 Å². The summed E-state index contributed by atoms with van der Waals surface area (Å²) in [6.07, 6.45) is 2.93. The third-order valence-corrected chi connectivity index (χ3v) is 10.3. The number of benzene rings is 2. The van der Waals surface area contributed by atoms with Crippen molar-refractivity contribution in [1.29, 1.82) is 0 Å². The van der Waals surface area contributed by atoms with Crippen LogP contribution in [0.1, 0.15) is 23.3 Å². The van der Waals surface area contributed by atoms with Gasteiger partial charge in [0.25, 0.3) is 0 Å². The Hall–Kier alpha value is 0.760. The highest BCUT2D eigenvalue weighted by Gasteiger charge is 2.22. The predicted octanol–water partition coefficient (Wildman–Crippen LogP) is 9.43. The van der Waals surface area contributed by atoms with Gasteiger partial charge in [-0.05, 0) is 108 Å². The summed E-state index contributed by atoms with van der Waals surface area (Å²) < 4.78 is 11.9. The third-order valence-electron chi connectivity index (χ3n) is 3.46. The zero-order valence-electron chi connectivity index (χ0n) is 12.7. The summed E-state index contributed by atoms with van der Waals surface area (Å²) in [5.41, 5.74) is 1.95. The SMILES string of the molecule is C=CC(OC(C=C)c1ccc(Br)c(Br)c1Br)c1ccc(Br)c(Br)c1Br. The molecule has 0 saturated carbocycles. The molecule has 25 heavy (non-hydrogen) atoms. The molecule has 0 aliphatic rings. The van der Waals surface area contributed by atoms with Gasteiger partial charge in [0, 0.05) is 38.0 Å². The second-order valence-electron chi connectivity index (χ2n) is 4.98. The van der Waals surface area contributed by atoms with E-state index in [1.54, 1.807) is 12.2 Å². The topological polar surface area (TPSA) is 9.23 Å². The molecular formula is C18H12Br6O. The molecule has 0 saturated heterocycles. The molecule has 2 aromatic rings. The molecule has 7 heteroatoms. The average Bonchev–Trinajstić information content (AvgIpc) is 2.60. The van der Waals surface area contributed by atoms with Crippen LogP contribution in [0.2, 0.25) is 0 Å². The van der Waals surface area contributed by atoms with E-state index in [4.69, 9.17) is 4.74 Å². The monoisotopic (exact) mass is 718 g/mol. The van der Waals surface area contributed by atoms with E-state index in [1.807, 2.05) is 24.3 Å². The van der Waals surface area contributed by atoms with Crippen molar-refractivity contribution in [3.05, 3.63) is 87.5 Å². The van der Waals surface area contributed by atoms with Crippen LogP contribution in [-0.2, 0) is 4.74 Å². The molecule has 0 spiro atoms. The summed E-state index contributed by atoms with van der Waals surface area (Å²) >= 11 is 21.4. The summed E-state index contributed by atoms with van der Waals surface area (Å²) in [5.74, 6) is 0. The quantitative estimate of drug-likeness (QED) is 0.213. The second kappa shape index (κ2) is 9.80. The molecule has 0 heterocycles. The van der Waals surface area contributed by atoms with Crippen LogP contribution in [0.5, 0.6) is 0 Å². The fourth-order valence-electron chi connectivity index (χ4n) is 2.19. The molecule has 132 valence electrons. The number of halogens is 6. The first-order valence-electron chi connectivity index (χ1n) is 6.99. The van der Waals surface area contributed by atoms with Crippen LogP contribution in [-0.4, -0.2) is 0 Å². The molecule has 2 aromatic carbocycles. The molecule has 0 aliphatic heterocycles. The van der Waals surface area contributed by atoms with Crippen molar-refractivity contribution in [1.82, 2.24) is 0 Å². The maximum atomic E-state index is 6.30. The average molecular weight is 724 g/mol. The fourth-order valence-corrected chi connectivity index (χ4v) is 5.25. The van der Waals surface area contributed by atoms with Gasteiger partial charge in [0.2, 0.25) is 0 Å². The smallest absolute Gasteiger partial charge is 0.103 e. The van der Waals surface area contributed by atoms with Crippen molar-refractivity contribution < 1.29 is 4.74 Å². The minimum Gasteiger partial charge on any atom is -0.357 e. The fraction of sp³-hybridized carbons (Fsp3) is 0.111. The Balaban J connectivity index is 2.40. The van der Waals surface area contributed by atoms with Crippen LogP contribution in [0.15, 0.2) is 76.4 Å². The molecule has 2 unspecified atom stereocenters. The maximum Gasteiger partial charge on any atom is 0.103 e. The zero-order valence-corrected chi connectivity index (χ0v) is 22.2. The van der Waals surface area contributed by atoms with E-state index < -0.39 is 0 Å². The number of hydrogen-bond acceptors (Lipinski definition) is 1. The molecule has 0 bridgehead atoms. The van der Waals surface area contributed by atoms with Gasteiger partial charge in [-0.25, -0.2) is 0 Å². The van der Waals surface area contributed by atoms with Gasteiger partial charge in [0.15, 0.2) is 0 Å². The molecule has 0 aliphatic carbocycles. The van der Waals surface area contributed by atoms with E-state index in [2.05, 4.69) is 109 Å². The van der Waals surface area contributed by atoms with Gasteiger partial charge in [-0.15, -0.1) is 13.2 Å². The Bertz CT molecular complexity index is 750. The molecule has 0 N–H and O–H groups in total. The van der Waals surface area contributed by atoms with Gasteiger partial charge in [-0.1, -0.05) is 24.3 Å². The van der Waals surface area contributed by atoms with Crippen LogP contribution in [0.25, 0.3) is 0 Å². The van der Waals surface area contributed by atoms with Crippen LogP contribution >= 0.6 is 95.6 Å². The largest absolute Gasteiger partial charge is 0.357 e. The Morgan fingerprint density at radius 3 is 1.32 bits per heavy atom. The number of hydrogen-bond donors (Lipinski definition) is 0. The first-order chi connectivity index (χ1) is 11.8. The summed E-state index contributed by atoms with van der Waals surface area (Å²) in [6.45, 7) is 7.86. The van der Waals surface area contributed by atoms with Crippen molar-refractivity contribution >= 4 is 95.6 Å². The van der Waals surface area contributed by atoms with Gasteiger partial charge in [-0.2, -0.15) is 0 Å². The molecule has 2 atom stereocenters. The Kier molecular flexibility index (Phi) is 8.65. The highest BCUT2D eigenvalue weighted by Crippen LogP contribution is 2.42. The Labute approximate surface area is 198 Å². The van der Waals surface area contributed by atoms with Gasteiger partial charge in [-0.3, -0.25) is 0 Å². The van der Waals surface area contributed by atoms with E-state index in [-0.39, 0.29) is 12.2 Å². The lowest BCUT2D eigenvalue weighted by molar-refractivity contribution is 0.0394. The van der Waals surface area contributed by atoms with E-state index in [9.17, 15) is 0 Å². The highest BCUT2D eigenvalue weighted by atomic mass is 79.9. The van der Waals surface area contributed by atoms with Crippen molar-refractivity contribution in [2.24, 2.45) is 0 Å². The Morgan fingerprint density at radius 2 is 1.00 bits per heavy atom. The van der Waals surface area contributed by atoms with Crippen molar-refractivity contribution in [2.45, 2.75) is 12.2 Å². The second-order valence-corrected chi connectivity index (χ2v) is 9.86. The van der Waals surface area contributed by atoms with Crippen molar-refractivity contribution in [3.8, 4) is 0 Å². The summed E-state index contributed by atoms with van der Waals surface area (Å²) in [6, 6.07) is 7.94. The van der Waals surface area contributed by atoms with Crippen LogP contribution in [0.4, 0.5) is 0 Å². The van der Waals surface area contributed by atoms with Crippen molar-refractivity contribution in [2.75, 3.05) is 0 Å². The minimum absolute atomic E-state index is 0.309. The first kappa shape index (κ1) is 22.1. The first-order valence-corrected chi connectivity index (χ1v) is 11.7. The van der Waals surface area contributed by atoms with E-state index in [1.165, 1.54) is 0 Å². The van der Waals surface area contributed by atoms with E-state index in [0.717, 1.165) is 38.0 Å². The maximum absolute atomic E-state index is 6.30. The van der Waals surface area contributed by atoms with Crippen LogP contribution in [0.3, 0.4) is 0 Å². The number of ether oxygens (including phenoxy) is 1. The third kappa shape index (κ3) is 4.98. The van der Waals surface area contributed by atoms with Gasteiger partial charge >= 0.3 is 0 Å². The summed E-state index contributed by atoms with van der Waals surface area (Å²) in [5, 5.41) is 0. The molecule has 2 rings (SSSR count). The number of rotatable bonds is 6. The molecule has 0 radical (unpaired) electrons. The van der Waals surface area contributed by atoms with Gasteiger partial charge < -0.3 is 4.74 Å². The highest BCUT2D eigenvalue weighted by molar-refractivity contribution is 9.15. The van der Waals surface area contributed by atoms with E-state index >= 15 is 0 Å². The van der Waals surface area contributed by atoms with Gasteiger partial charge in [0.05, 0.1) is 0 Å². The minimum atomic E-state index is -0.309. The standard InChI is InChI=1S/C18H12Br6O/c1-3-13(9-5-7-11(19)17(23)15(9)21)25-14(4-2)10-6-8-12(20)18(24)16(10)22/h3-8,13-14H,1-2H2. The zero-order chi connectivity index (χ0) is 18.7. The molecular weight excluding hydrogens is 712 g/mol. The van der Waals surface area contributed by atoms with Gasteiger partial charge in [0.1, 0.15) is 12.2 Å². The lowest BCUT2D eigenvalue weighted by Gasteiger charge is -2.24. The summed E-state index contributed by atoms with van der Waals surface area (Å²) in [4.78, 5) is 0. The Morgan fingerprint density at radius 1 is 0.640 bits per heavy atom. The normalized spacial score (nSPS) is 13.4. The van der Waals surface area contributed by atoms with Crippen LogP contribution < -0.4 is 0 Å². The molecule has 0 fully saturated rings. The summed E-state index contributed by atoms with van der Waals surface area (Å²) in [7, 11) is 0. The van der Waals surface area contributed by atoms with Crippen molar-refractivity contribution in [3.63, 3.8) is 0 Å². The van der Waals surface area contributed by atoms with Crippen LogP contribution in [0, 0.1) is 0 Å². The molecule has 0 aromatic heterocycles.